The molecule has 7 heteroatoms. The summed E-state index contributed by atoms with van der Waals surface area (Å²) in [6.07, 6.45) is 3.36. The lowest BCUT2D eigenvalue weighted by molar-refractivity contribution is -0.122. The van der Waals surface area contributed by atoms with Gasteiger partial charge in [-0.3, -0.25) is 4.79 Å². The molecule has 0 bridgehead atoms. The Kier molecular flexibility index (Phi) is 6.53. The summed E-state index contributed by atoms with van der Waals surface area (Å²) >= 11 is 0. The van der Waals surface area contributed by atoms with E-state index in [-0.39, 0.29) is 22.7 Å². The number of anilines is 2. The summed E-state index contributed by atoms with van der Waals surface area (Å²) < 4.78 is 0. The average molecular weight is 425 g/mol. The molecule has 0 aliphatic carbocycles. The Balaban J connectivity index is 1.80. The van der Waals surface area contributed by atoms with Gasteiger partial charge in [0.15, 0.2) is 0 Å². The lowest BCUT2D eigenvalue weighted by atomic mass is 9.90. The second kappa shape index (κ2) is 8.81. The minimum atomic E-state index is -0.198. The summed E-state index contributed by atoms with van der Waals surface area (Å²) in [5, 5.41) is 3.50. The molecule has 3 N–H and O–H groups in total. The smallest absolute Gasteiger partial charge is 0.220 e. The van der Waals surface area contributed by atoms with Crippen LogP contribution in [-0.4, -0.2) is 33.9 Å². The van der Waals surface area contributed by atoms with Gasteiger partial charge >= 0.3 is 0 Å². The largest absolute Gasteiger partial charge is 0.369 e. The van der Waals surface area contributed by atoms with E-state index in [2.05, 4.69) is 62.8 Å². The first kappa shape index (κ1) is 23.0. The fourth-order valence-electron chi connectivity index (χ4n) is 3.67. The summed E-state index contributed by atoms with van der Waals surface area (Å²) in [6.45, 7) is 15.1. The van der Waals surface area contributed by atoms with Gasteiger partial charge in [-0.15, -0.1) is 0 Å². The van der Waals surface area contributed by atoms with Crippen molar-refractivity contribution in [1.29, 1.82) is 0 Å². The van der Waals surface area contributed by atoms with Crippen LogP contribution in [0, 0.1) is 5.92 Å². The molecule has 31 heavy (non-hydrogen) atoms. The molecule has 7 nitrogen and oxygen atoms in total. The van der Waals surface area contributed by atoms with Crippen molar-refractivity contribution in [3.63, 3.8) is 0 Å². The molecule has 3 heterocycles. The standard InChI is InChI=1S/C24H36N6O/c1-23(2,3)18-14-19(29-22(28-18)24(4,5)6)27-15-17-8-7-11-26-21(17)30-12-9-16(10-13-30)20(25)31/h7-8,11,14,16H,9-10,12-13,15H2,1-6H3,(H2,25,31)(H,27,28,29). The van der Waals surface area contributed by atoms with Crippen LogP contribution in [0.3, 0.4) is 0 Å². The third kappa shape index (κ3) is 5.71. The fourth-order valence-corrected chi connectivity index (χ4v) is 3.67. The van der Waals surface area contributed by atoms with Gasteiger partial charge in [0.1, 0.15) is 17.5 Å². The van der Waals surface area contributed by atoms with Crippen molar-refractivity contribution >= 4 is 17.5 Å². The van der Waals surface area contributed by atoms with Crippen LogP contribution in [-0.2, 0) is 22.2 Å². The van der Waals surface area contributed by atoms with Gasteiger partial charge in [-0.1, -0.05) is 47.6 Å². The molecule has 3 rings (SSSR count). The number of hydrogen-bond donors (Lipinski definition) is 2. The maximum atomic E-state index is 11.5. The van der Waals surface area contributed by atoms with Crippen LogP contribution < -0.4 is 16.0 Å². The highest BCUT2D eigenvalue weighted by molar-refractivity contribution is 5.77. The van der Waals surface area contributed by atoms with Crippen LogP contribution in [0.15, 0.2) is 24.4 Å². The zero-order valence-electron chi connectivity index (χ0n) is 19.7. The zero-order valence-corrected chi connectivity index (χ0v) is 19.7. The van der Waals surface area contributed by atoms with Gasteiger partial charge in [-0.25, -0.2) is 15.0 Å². The number of primary amides is 1. The van der Waals surface area contributed by atoms with Crippen molar-refractivity contribution in [3.05, 3.63) is 41.5 Å². The van der Waals surface area contributed by atoms with Crippen LogP contribution >= 0.6 is 0 Å². The van der Waals surface area contributed by atoms with Crippen LogP contribution in [0.4, 0.5) is 11.6 Å². The highest BCUT2D eigenvalue weighted by atomic mass is 16.1. The van der Waals surface area contributed by atoms with Crippen LogP contribution in [0.25, 0.3) is 0 Å². The Bertz CT molecular complexity index is 888. The van der Waals surface area contributed by atoms with Gasteiger partial charge in [0.05, 0.1) is 5.69 Å². The minimum Gasteiger partial charge on any atom is -0.369 e. The van der Waals surface area contributed by atoms with E-state index >= 15 is 0 Å². The zero-order chi connectivity index (χ0) is 22.8. The van der Waals surface area contributed by atoms with Crippen molar-refractivity contribution in [1.82, 2.24) is 15.0 Å². The number of rotatable bonds is 5. The number of carbonyl (C=O) groups excluding carboxylic acids is 1. The number of piperidine rings is 1. The van der Waals surface area contributed by atoms with Crippen molar-refractivity contribution in [2.45, 2.75) is 71.8 Å². The van der Waals surface area contributed by atoms with E-state index in [0.29, 0.717) is 6.54 Å². The second-order valence-electron chi connectivity index (χ2n) is 10.5. The second-order valence-corrected chi connectivity index (χ2v) is 10.5. The highest BCUT2D eigenvalue weighted by Crippen LogP contribution is 2.28. The fraction of sp³-hybridized carbons (Fsp3) is 0.583. The first-order chi connectivity index (χ1) is 14.4. The molecule has 1 amide bonds. The van der Waals surface area contributed by atoms with Crippen LogP contribution in [0.2, 0.25) is 0 Å². The summed E-state index contributed by atoms with van der Waals surface area (Å²) in [4.78, 5) is 28.0. The lowest BCUT2D eigenvalue weighted by Gasteiger charge is -2.32. The number of carbonyl (C=O) groups is 1. The summed E-state index contributed by atoms with van der Waals surface area (Å²) in [5.41, 5.74) is 7.41. The molecule has 1 aliphatic rings. The van der Waals surface area contributed by atoms with Gasteiger partial charge in [0.2, 0.25) is 5.91 Å². The lowest BCUT2D eigenvalue weighted by Crippen LogP contribution is -2.39. The molecule has 0 atom stereocenters. The maximum absolute atomic E-state index is 11.5. The number of nitrogens with one attached hydrogen (secondary N) is 1. The molecule has 0 aromatic carbocycles. The third-order valence-electron chi connectivity index (χ3n) is 5.69. The predicted molar refractivity (Wildman–Crippen MR) is 125 cm³/mol. The molecule has 0 spiro atoms. The molecule has 2 aromatic heterocycles. The Labute approximate surface area is 185 Å². The van der Waals surface area contributed by atoms with Crippen molar-refractivity contribution < 1.29 is 4.79 Å². The first-order valence-electron chi connectivity index (χ1n) is 11.1. The minimum absolute atomic E-state index is 0.0332. The molecule has 2 aromatic rings. The Morgan fingerprint density at radius 3 is 2.39 bits per heavy atom. The normalized spacial score (nSPS) is 15.7. The van der Waals surface area contributed by atoms with E-state index in [1.807, 2.05) is 18.3 Å². The molecule has 0 saturated carbocycles. The number of amides is 1. The Morgan fingerprint density at radius 1 is 1.13 bits per heavy atom. The SMILES string of the molecule is CC(C)(C)c1cc(NCc2cccnc2N2CCC(C(N)=O)CC2)nc(C(C)(C)C)n1. The number of hydrogen-bond acceptors (Lipinski definition) is 6. The Hall–Kier alpha value is -2.70. The van der Waals surface area contributed by atoms with Crippen LogP contribution in [0.5, 0.6) is 0 Å². The topological polar surface area (TPSA) is 97.0 Å². The number of pyridine rings is 1. The Morgan fingerprint density at radius 2 is 1.81 bits per heavy atom. The van der Waals surface area contributed by atoms with Gasteiger partial charge in [-0.05, 0) is 18.9 Å². The molecule has 0 radical (unpaired) electrons. The third-order valence-corrected chi connectivity index (χ3v) is 5.69. The highest BCUT2D eigenvalue weighted by Gasteiger charge is 2.26. The summed E-state index contributed by atoms with van der Waals surface area (Å²) in [6, 6.07) is 6.09. The van der Waals surface area contributed by atoms with E-state index in [4.69, 9.17) is 15.7 Å². The maximum Gasteiger partial charge on any atom is 0.220 e. The van der Waals surface area contributed by atoms with Crippen molar-refractivity contribution in [3.8, 4) is 0 Å². The quantitative estimate of drug-likeness (QED) is 0.758. The van der Waals surface area contributed by atoms with E-state index in [0.717, 1.165) is 54.6 Å². The number of nitrogens with two attached hydrogens (primary N) is 1. The molecule has 1 aliphatic heterocycles. The van der Waals surface area contributed by atoms with Crippen LogP contribution in [0.1, 0.15) is 71.5 Å². The molecule has 0 unspecified atom stereocenters. The molecular formula is C24H36N6O. The molecule has 168 valence electrons. The number of nitrogens with zero attached hydrogens (tertiary/aromatic N) is 4. The van der Waals surface area contributed by atoms with Crippen molar-refractivity contribution in [2.24, 2.45) is 11.7 Å². The van der Waals surface area contributed by atoms with E-state index in [1.165, 1.54) is 0 Å². The first-order valence-corrected chi connectivity index (χ1v) is 11.1. The molecular weight excluding hydrogens is 388 g/mol. The summed E-state index contributed by atoms with van der Waals surface area (Å²) in [5.74, 6) is 2.39. The molecule has 1 saturated heterocycles. The van der Waals surface area contributed by atoms with Gasteiger partial charge in [-0.2, -0.15) is 0 Å². The van der Waals surface area contributed by atoms with Gasteiger partial charge in [0.25, 0.3) is 0 Å². The van der Waals surface area contributed by atoms with Gasteiger partial charge in [0, 0.05) is 54.2 Å². The predicted octanol–water partition coefficient (Wildman–Crippen LogP) is 3.78. The van der Waals surface area contributed by atoms with Crippen molar-refractivity contribution in [2.75, 3.05) is 23.3 Å². The number of aromatic nitrogens is 3. The molecule has 1 fully saturated rings. The van der Waals surface area contributed by atoms with E-state index < -0.39 is 0 Å². The average Bonchev–Trinajstić information content (AvgIpc) is 2.71. The van der Waals surface area contributed by atoms with Gasteiger partial charge < -0.3 is 16.0 Å². The monoisotopic (exact) mass is 424 g/mol. The van der Waals surface area contributed by atoms with E-state index in [9.17, 15) is 4.79 Å². The van der Waals surface area contributed by atoms with E-state index in [1.54, 1.807) is 0 Å². The summed E-state index contributed by atoms with van der Waals surface area (Å²) in [7, 11) is 0.